The van der Waals surface area contributed by atoms with E-state index >= 15 is 0 Å². The van der Waals surface area contributed by atoms with Crippen molar-refractivity contribution in [1.29, 1.82) is 5.26 Å². The highest BCUT2D eigenvalue weighted by atomic mass is 16.3. The van der Waals surface area contributed by atoms with Gasteiger partial charge in [-0.2, -0.15) is 5.26 Å². The third-order valence-electron chi connectivity index (χ3n) is 1.68. The normalized spacial score (nSPS) is 14.5. The van der Waals surface area contributed by atoms with Crippen molar-refractivity contribution in [2.24, 2.45) is 0 Å². The summed E-state index contributed by atoms with van der Waals surface area (Å²) in [4.78, 5) is 0. The summed E-state index contributed by atoms with van der Waals surface area (Å²) in [5.74, 6) is 0. The molecule has 68 valence electrons. The number of nitrogen functional groups attached to an aromatic ring is 1. The van der Waals surface area contributed by atoms with Gasteiger partial charge in [0, 0.05) is 5.69 Å². The average molecular weight is 178 g/mol. The molecular formula is C9H10N2O2. The third kappa shape index (κ3) is 2.18. The fourth-order valence-corrected chi connectivity index (χ4v) is 0.996. The number of benzene rings is 1. The van der Waals surface area contributed by atoms with Crippen molar-refractivity contribution in [3.05, 3.63) is 29.8 Å². The molecule has 0 heterocycles. The summed E-state index contributed by atoms with van der Waals surface area (Å²) in [6.07, 6.45) is -2.62. The first-order chi connectivity index (χ1) is 6.15. The lowest BCUT2D eigenvalue weighted by Crippen LogP contribution is -2.15. The third-order valence-corrected chi connectivity index (χ3v) is 1.68. The molecule has 0 aliphatic rings. The van der Waals surface area contributed by atoms with E-state index < -0.39 is 12.2 Å². The minimum Gasteiger partial charge on any atom is -0.399 e. The van der Waals surface area contributed by atoms with Gasteiger partial charge in [0.25, 0.3) is 0 Å². The summed E-state index contributed by atoms with van der Waals surface area (Å²) in [6.45, 7) is 0. The Labute approximate surface area is 75.8 Å². The number of aliphatic hydroxyl groups excluding tert-OH is 2. The Bertz CT molecular complexity index is 333. The van der Waals surface area contributed by atoms with Crippen LogP contribution in [0.5, 0.6) is 0 Å². The molecule has 0 saturated carbocycles. The molecule has 0 aliphatic carbocycles. The van der Waals surface area contributed by atoms with Crippen LogP contribution in [0.1, 0.15) is 11.7 Å². The van der Waals surface area contributed by atoms with Crippen LogP contribution >= 0.6 is 0 Å². The molecule has 4 heteroatoms. The molecule has 0 fully saturated rings. The van der Waals surface area contributed by atoms with E-state index in [0.29, 0.717) is 11.3 Å². The first-order valence-electron chi connectivity index (χ1n) is 3.76. The van der Waals surface area contributed by atoms with Crippen LogP contribution in [-0.4, -0.2) is 16.3 Å². The molecular weight excluding hydrogens is 168 g/mol. The molecule has 4 nitrogen and oxygen atoms in total. The predicted octanol–water partition coefficient (Wildman–Crippen LogP) is 0.187. The number of hydrogen-bond donors (Lipinski definition) is 3. The average Bonchev–Trinajstić information content (AvgIpc) is 2.15. The number of hydrogen-bond acceptors (Lipinski definition) is 4. The van der Waals surface area contributed by atoms with E-state index in [-0.39, 0.29) is 0 Å². The van der Waals surface area contributed by atoms with Crippen molar-refractivity contribution in [3.63, 3.8) is 0 Å². The number of nitriles is 1. The van der Waals surface area contributed by atoms with Gasteiger partial charge in [-0.3, -0.25) is 0 Å². The van der Waals surface area contributed by atoms with Crippen molar-refractivity contribution in [1.82, 2.24) is 0 Å². The quantitative estimate of drug-likeness (QED) is 0.445. The van der Waals surface area contributed by atoms with Crippen LogP contribution in [-0.2, 0) is 0 Å². The van der Waals surface area contributed by atoms with E-state index in [2.05, 4.69) is 0 Å². The summed E-state index contributed by atoms with van der Waals surface area (Å²) in [7, 11) is 0. The largest absolute Gasteiger partial charge is 0.399 e. The zero-order valence-corrected chi connectivity index (χ0v) is 6.88. The van der Waals surface area contributed by atoms with Crippen molar-refractivity contribution < 1.29 is 10.2 Å². The molecule has 0 aromatic heterocycles. The predicted molar refractivity (Wildman–Crippen MR) is 47.4 cm³/mol. The molecule has 2 atom stereocenters. The summed E-state index contributed by atoms with van der Waals surface area (Å²) in [6, 6.07) is 7.98. The Morgan fingerprint density at radius 2 is 2.08 bits per heavy atom. The molecule has 0 saturated heterocycles. The number of nitrogens with zero attached hydrogens (tertiary/aromatic N) is 1. The van der Waals surface area contributed by atoms with E-state index in [4.69, 9.17) is 16.1 Å². The summed E-state index contributed by atoms with van der Waals surface area (Å²) in [5.41, 5.74) is 6.39. The second-order valence-electron chi connectivity index (χ2n) is 2.69. The number of rotatable bonds is 2. The molecule has 0 aliphatic heterocycles. The SMILES string of the molecule is N#CC(O)C(O)c1cccc(N)c1. The molecule has 1 aromatic rings. The molecule has 0 radical (unpaired) electrons. The number of anilines is 1. The zero-order valence-electron chi connectivity index (χ0n) is 6.88. The Kier molecular flexibility index (Phi) is 2.85. The molecule has 4 N–H and O–H groups in total. The smallest absolute Gasteiger partial charge is 0.170 e. The molecule has 1 rings (SSSR count). The Balaban J connectivity index is 2.90. The molecule has 13 heavy (non-hydrogen) atoms. The highest BCUT2D eigenvalue weighted by Gasteiger charge is 2.17. The Hall–Kier alpha value is -1.57. The van der Waals surface area contributed by atoms with Crippen molar-refractivity contribution in [2.75, 3.05) is 5.73 Å². The maximum atomic E-state index is 9.39. The van der Waals surface area contributed by atoms with Gasteiger partial charge >= 0.3 is 0 Å². The minimum atomic E-state index is -1.42. The lowest BCUT2D eigenvalue weighted by Gasteiger charge is -2.11. The van der Waals surface area contributed by atoms with Crippen LogP contribution in [0.15, 0.2) is 24.3 Å². The van der Waals surface area contributed by atoms with E-state index in [0.717, 1.165) is 0 Å². The highest BCUT2D eigenvalue weighted by molar-refractivity contribution is 5.41. The fourth-order valence-electron chi connectivity index (χ4n) is 0.996. The van der Waals surface area contributed by atoms with Gasteiger partial charge in [0.05, 0.1) is 6.07 Å². The summed E-state index contributed by atoms with van der Waals surface area (Å²) < 4.78 is 0. The molecule has 0 spiro atoms. The summed E-state index contributed by atoms with van der Waals surface area (Å²) >= 11 is 0. The van der Waals surface area contributed by atoms with E-state index in [1.165, 1.54) is 6.07 Å². The number of aliphatic hydroxyl groups is 2. The molecule has 2 unspecified atom stereocenters. The van der Waals surface area contributed by atoms with E-state index in [1.807, 2.05) is 0 Å². The van der Waals surface area contributed by atoms with Crippen molar-refractivity contribution >= 4 is 5.69 Å². The first kappa shape index (κ1) is 9.52. The van der Waals surface area contributed by atoms with E-state index in [1.54, 1.807) is 24.3 Å². The van der Waals surface area contributed by atoms with Gasteiger partial charge in [-0.25, -0.2) is 0 Å². The van der Waals surface area contributed by atoms with Crippen LogP contribution in [0.2, 0.25) is 0 Å². The van der Waals surface area contributed by atoms with Crippen LogP contribution in [0.25, 0.3) is 0 Å². The van der Waals surface area contributed by atoms with Crippen LogP contribution in [0.3, 0.4) is 0 Å². The lowest BCUT2D eigenvalue weighted by atomic mass is 10.0. The zero-order chi connectivity index (χ0) is 9.84. The molecule has 0 amide bonds. The minimum absolute atomic E-state index is 0.439. The first-order valence-corrected chi connectivity index (χ1v) is 3.76. The summed E-state index contributed by atoms with van der Waals surface area (Å²) in [5, 5.41) is 26.7. The van der Waals surface area contributed by atoms with Gasteiger partial charge in [-0.1, -0.05) is 12.1 Å². The lowest BCUT2D eigenvalue weighted by molar-refractivity contribution is 0.0528. The molecule has 1 aromatic carbocycles. The molecule has 0 bridgehead atoms. The van der Waals surface area contributed by atoms with Crippen LogP contribution in [0, 0.1) is 11.3 Å². The van der Waals surface area contributed by atoms with Crippen LogP contribution in [0.4, 0.5) is 5.69 Å². The van der Waals surface area contributed by atoms with Gasteiger partial charge in [0.1, 0.15) is 6.10 Å². The maximum Gasteiger partial charge on any atom is 0.170 e. The van der Waals surface area contributed by atoms with Gasteiger partial charge in [0.15, 0.2) is 6.10 Å². The van der Waals surface area contributed by atoms with Gasteiger partial charge in [0.2, 0.25) is 0 Å². The van der Waals surface area contributed by atoms with Gasteiger partial charge < -0.3 is 15.9 Å². The van der Waals surface area contributed by atoms with Crippen molar-refractivity contribution in [3.8, 4) is 6.07 Å². The van der Waals surface area contributed by atoms with Gasteiger partial charge in [-0.05, 0) is 17.7 Å². The Morgan fingerprint density at radius 3 is 2.62 bits per heavy atom. The standard InChI is InChI=1S/C9H10N2O2/c10-5-8(12)9(13)6-2-1-3-7(11)4-6/h1-4,8-9,12-13H,11H2. The second-order valence-corrected chi connectivity index (χ2v) is 2.69. The van der Waals surface area contributed by atoms with Crippen LogP contribution < -0.4 is 5.73 Å². The Morgan fingerprint density at radius 1 is 1.38 bits per heavy atom. The maximum absolute atomic E-state index is 9.39. The number of nitrogens with two attached hydrogens (primary N) is 1. The highest BCUT2D eigenvalue weighted by Crippen LogP contribution is 2.18. The second kappa shape index (κ2) is 3.90. The fraction of sp³-hybridized carbons (Fsp3) is 0.222. The van der Waals surface area contributed by atoms with Crippen molar-refractivity contribution in [2.45, 2.75) is 12.2 Å². The van der Waals surface area contributed by atoms with E-state index in [9.17, 15) is 5.11 Å². The monoisotopic (exact) mass is 178 g/mol. The topological polar surface area (TPSA) is 90.3 Å². The van der Waals surface area contributed by atoms with Gasteiger partial charge in [-0.15, -0.1) is 0 Å².